The highest BCUT2D eigenvalue weighted by atomic mass is 16.8. The molecule has 2 heterocycles. The lowest BCUT2D eigenvalue weighted by Gasteiger charge is -2.23. The predicted octanol–water partition coefficient (Wildman–Crippen LogP) is 0.563. The Hall–Kier alpha value is -1.67. The summed E-state index contributed by atoms with van der Waals surface area (Å²) >= 11 is 0. The Morgan fingerprint density at radius 3 is 2.09 bits per heavy atom. The zero-order chi connectivity index (χ0) is 17.4. The Morgan fingerprint density at radius 2 is 1.57 bits per heavy atom. The van der Waals surface area contributed by atoms with E-state index in [1.807, 2.05) is 0 Å². The first-order valence-electron chi connectivity index (χ1n) is 7.42. The molecule has 2 fully saturated rings. The maximum absolute atomic E-state index is 12.0. The van der Waals surface area contributed by atoms with Crippen molar-refractivity contribution in [2.45, 2.75) is 65.3 Å². The van der Waals surface area contributed by atoms with Crippen LogP contribution >= 0.6 is 0 Å². The number of esters is 3. The van der Waals surface area contributed by atoms with Gasteiger partial charge in [-0.1, -0.05) is 0 Å². The molecule has 0 aromatic rings. The van der Waals surface area contributed by atoms with Crippen LogP contribution in [0.5, 0.6) is 0 Å². The van der Waals surface area contributed by atoms with Crippen LogP contribution in [-0.4, -0.2) is 55.2 Å². The van der Waals surface area contributed by atoms with Gasteiger partial charge in [0, 0.05) is 13.8 Å². The third-order valence-electron chi connectivity index (χ3n) is 3.48. The third-order valence-corrected chi connectivity index (χ3v) is 3.48. The van der Waals surface area contributed by atoms with Crippen molar-refractivity contribution in [3.05, 3.63) is 0 Å². The number of carbonyl (C=O) groups is 3. The summed E-state index contributed by atoms with van der Waals surface area (Å²) in [7, 11) is 0. The van der Waals surface area contributed by atoms with Crippen LogP contribution in [0.2, 0.25) is 0 Å². The smallest absolute Gasteiger partial charge is 0.311 e. The van der Waals surface area contributed by atoms with Gasteiger partial charge in [0.05, 0.1) is 12.0 Å². The molecule has 2 saturated heterocycles. The number of rotatable bonds is 3. The molecule has 0 bridgehead atoms. The van der Waals surface area contributed by atoms with E-state index in [9.17, 15) is 14.4 Å². The van der Waals surface area contributed by atoms with Gasteiger partial charge >= 0.3 is 17.9 Å². The molecule has 0 unspecified atom stereocenters. The van der Waals surface area contributed by atoms with Crippen molar-refractivity contribution < 1.29 is 38.1 Å². The van der Waals surface area contributed by atoms with Gasteiger partial charge in [0.25, 0.3) is 0 Å². The first kappa shape index (κ1) is 17.7. The molecule has 8 heteroatoms. The number of fused-ring (bicyclic) bond motifs is 1. The molecule has 5 atom stereocenters. The number of hydrogen-bond acceptors (Lipinski definition) is 8. The van der Waals surface area contributed by atoms with E-state index in [2.05, 4.69) is 0 Å². The van der Waals surface area contributed by atoms with Crippen LogP contribution in [0.1, 0.15) is 34.6 Å². The Labute approximate surface area is 134 Å². The molecule has 2 rings (SSSR count). The lowest BCUT2D eigenvalue weighted by atomic mass is 9.97. The van der Waals surface area contributed by atoms with Gasteiger partial charge in [-0.15, -0.1) is 0 Å². The lowest BCUT2D eigenvalue weighted by Crippen LogP contribution is -2.38. The summed E-state index contributed by atoms with van der Waals surface area (Å²) in [6.45, 7) is 7.80. The zero-order valence-corrected chi connectivity index (χ0v) is 13.9. The van der Waals surface area contributed by atoms with E-state index in [0.29, 0.717) is 0 Å². The van der Waals surface area contributed by atoms with Gasteiger partial charge in [0.15, 0.2) is 12.2 Å². The fourth-order valence-corrected chi connectivity index (χ4v) is 2.43. The van der Waals surface area contributed by atoms with Crippen molar-refractivity contribution >= 4 is 17.9 Å². The highest BCUT2D eigenvalue weighted by Crippen LogP contribution is 2.36. The van der Waals surface area contributed by atoms with Gasteiger partial charge in [-0.05, 0) is 20.8 Å². The monoisotopic (exact) mass is 330 g/mol. The van der Waals surface area contributed by atoms with Gasteiger partial charge in [-0.25, -0.2) is 0 Å². The van der Waals surface area contributed by atoms with E-state index in [-0.39, 0.29) is 6.61 Å². The Morgan fingerprint density at radius 1 is 0.957 bits per heavy atom. The minimum Gasteiger partial charge on any atom is -0.457 e. The molecule has 2 aliphatic heterocycles. The summed E-state index contributed by atoms with van der Waals surface area (Å²) in [4.78, 5) is 34.4. The standard InChI is InChI=1S/C15H22O8/c1-7(16)20-12-11-10(23-13(12)21-8(2)17)9(6-19-11)22-14(18)15(3,4)5/h9-13H,6H2,1-5H3/t9-,10-,11+,12-,13+/m1/s1. The molecule has 0 spiro atoms. The predicted molar refractivity (Wildman–Crippen MR) is 75.1 cm³/mol. The summed E-state index contributed by atoms with van der Waals surface area (Å²) in [5.74, 6) is -1.51. The van der Waals surface area contributed by atoms with Gasteiger partial charge in [0.1, 0.15) is 12.2 Å². The summed E-state index contributed by atoms with van der Waals surface area (Å²) < 4.78 is 26.8. The minimum atomic E-state index is -1.08. The van der Waals surface area contributed by atoms with Crippen LogP contribution in [0.25, 0.3) is 0 Å². The zero-order valence-electron chi connectivity index (χ0n) is 13.9. The van der Waals surface area contributed by atoms with Crippen molar-refractivity contribution in [3.8, 4) is 0 Å². The van der Waals surface area contributed by atoms with E-state index in [4.69, 9.17) is 23.7 Å². The summed E-state index contributed by atoms with van der Waals surface area (Å²) in [5, 5.41) is 0. The first-order valence-corrected chi connectivity index (χ1v) is 7.42. The van der Waals surface area contributed by atoms with Crippen LogP contribution in [0.3, 0.4) is 0 Å². The lowest BCUT2D eigenvalue weighted by molar-refractivity contribution is -0.205. The van der Waals surface area contributed by atoms with E-state index in [1.54, 1.807) is 20.8 Å². The van der Waals surface area contributed by atoms with E-state index in [0.717, 1.165) is 0 Å². The van der Waals surface area contributed by atoms with E-state index < -0.39 is 54.0 Å². The molecule has 0 saturated carbocycles. The maximum atomic E-state index is 12.0. The second-order valence-corrected chi connectivity index (χ2v) is 6.64. The molecule has 0 aromatic heterocycles. The van der Waals surface area contributed by atoms with Crippen molar-refractivity contribution in [2.24, 2.45) is 5.41 Å². The highest BCUT2D eigenvalue weighted by molar-refractivity contribution is 5.75. The van der Waals surface area contributed by atoms with Gasteiger partial charge in [-0.2, -0.15) is 0 Å². The molecule has 0 aromatic carbocycles. The van der Waals surface area contributed by atoms with Gasteiger partial charge in [-0.3, -0.25) is 14.4 Å². The molecule has 8 nitrogen and oxygen atoms in total. The van der Waals surface area contributed by atoms with Crippen molar-refractivity contribution in [1.29, 1.82) is 0 Å². The van der Waals surface area contributed by atoms with E-state index >= 15 is 0 Å². The van der Waals surface area contributed by atoms with Crippen molar-refractivity contribution in [1.82, 2.24) is 0 Å². The summed E-state index contributed by atoms with van der Waals surface area (Å²) in [6, 6.07) is 0. The molecule has 0 N–H and O–H groups in total. The maximum Gasteiger partial charge on any atom is 0.311 e. The summed E-state index contributed by atoms with van der Waals surface area (Å²) in [6.07, 6.45) is -3.93. The summed E-state index contributed by atoms with van der Waals surface area (Å²) in [5.41, 5.74) is -0.665. The topological polar surface area (TPSA) is 97.4 Å². The molecular weight excluding hydrogens is 308 g/mol. The average molecular weight is 330 g/mol. The van der Waals surface area contributed by atoms with Crippen LogP contribution in [0, 0.1) is 5.41 Å². The van der Waals surface area contributed by atoms with Crippen LogP contribution < -0.4 is 0 Å². The Balaban J connectivity index is 2.09. The molecule has 130 valence electrons. The van der Waals surface area contributed by atoms with Crippen molar-refractivity contribution in [2.75, 3.05) is 6.61 Å². The third kappa shape index (κ3) is 4.00. The largest absolute Gasteiger partial charge is 0.457 e. The fraction of sp³-hybridized carbons (Fsp3) is 0.800. The Bertz CT molecular complexity index is 494. The molecule has 23 heavy (non-hydrogen) atoms. The van der Waals surface area contributed by atoms with Gasteiger partial charge < -0.3 is 23.7 Å². The Kier molecular flexibility index (Phi) is 4.95. The van der Waals surface area contributed by atoms with Crippen LogP contribution in [0.15, 0.2) is 0 Å². The van der Waals surface area contributed by atoms with E-state index in [1.165, 1.54) is 13.8 Å². The number of carbonyl (C=O) groups excluding carboxylic acids is 3. The van der Waals surface area contributed by atoms with Crippen molar-refractivity contribution in [3.63, 3.8) is 0 Å². The highest BCUT2D eigenvalue weighted by Gasteiger charge is 2.57. The quantitative estimate of drug-likeness (QED) is 0.547. The molecule has 0 amide bonds. The number of ether oxygens (including phenoxy) is 5. The molecule has 0 aliphatic carbocycles. The minimum absolute atomic E-state index is 0.127. The second-order valence-electron chi connectivity index (χ2n) is 6.64. The van der Waals surface area contributed by atoms with Crippen LogP contribution in [0.4, 0.5) is 0 Å². The van der Waals surface area contributed by atoms with Crippen LogP contribution in [-0.2, 0) is 38.1 Å². The average Bonchev–Trinajstić information content (AvgIpc) is 2.90. The van der Waals surface area contributed by atoms with Gasteiger partial charge in [0.2, 0.25) is 6.29 Å². The molecule has 0 radical (unpaired) electrons. The number of hydrogen-bond donors (Lipinski definition) is 0. The normalized spacial score (nSPS) is 33.0. The SMILES string of the molecule is CC(=O)O[C@H]1O[C@H]2[C@H](OC[C@H]2OC(=O)C(C)(C)C)[C@H]1OC(C)=O. The fourth-order valence-electron chi connectivity index (χ4n) is 2.43. The second kappa shape index (κ2) is 6.45. The first-order chi connectivity index (χ1) is 10.6. The molecular formula is C15H22O8. The molecule has 2 aliphatic rings.